The molecule has 1 heterocycles. The molecule has 4 nitrogen and oxygen atoms in total. The van der Waals surface area contributed by atoms with Crippen molar-refractivity contribution in [3.8, 4) is 16.3 Å². The lowest BCUT2D eigenvalue weighted by molar-refractivity contribution is 0.102. The lowest BCUT2D eigenvalue weighted by Crippen LogP contribution is -2.11. The molecule has 3 aromatic rings. The van der Waals surface area contributed by atoms with Gasteiger partial charge in [0.1, 0.15) is 10.8 Å². The van der Waals surface area contributed by atoms with Gasteiger partial charge in [0.05, 0.1) is 7.11 Å². The van der Waals surface area contributed by atoms with Crippen LogP contribution in [-0.2, 0) is 0 Å². The monoisotopic (exact) mass is 310 g/mol. The molecule has 110 valence electrons. The molecular weight excluding hydrogens is 296 g/mol. The molecule has 0 saturated carbocycles. The minimum Gasteiger partial charge on any atom is -0.497 e. The molecule has 22 heavy (non-hydrogen) atoms. The van der Waals surface area contributed by atoms with Crippen LogP contribution in [0.3, 0.4) is 0 Å². The van der Waals surface area contributed by atoms with Gasteiger partial charge in [-0.05, 0) is 36.4 Å². The van der Waals surface area contributed by atoms with Crippen molar-refractivity contribution in [1.29, 1.82) is 0 Å². The molecule has 5 heteroatoms. The van der Waals surface area contributed by atoms with Crippen molar-refractivity contribution >= 4 is 22.9 Å². The van der Waals surface area contributed by atoms with Crippen molar-refractivity contribution in [1.82, 2.24) is 4.98 Å². The molecule has 0 bridgehead atoms. The summed E-state index contributed by atoms with van der Waals surface area (Å²) in [7, 11) is 1.61. The van der Waals surface area contributed by atoms with Gasteiger partial charge in [-0.3, -0.25) is 4.79 Å². The summed E-state index contributed by atoms with van der Waals surface area (Å²) in [5.74, 6) is 0.604. The number of thiazole rings is 1. The average molecular weight is 310 g/mol. The van der Waals surface area contributed by atoms with Gasteiger partial charge >= 0.3 is 0 Å². The highest BCUT2D eigenvalue weighted by Gasteiger charge is 2.08. The molecular formula is C17H14N2O2S. The Balaban J connectivity index is 1.78. The highest BCUT2D eigenvalue weighted by Crippen LogP contribution is 2.23. The molecule has 1 aromatic heterocycles. The summed E-state index contributed by atoms with van der Waals surface area (Å²) in [4.78, 5) is 16.6. The van der Waals surface area contributed by atoms with Crippen LogP contribution in [0.15, 0.2) is 60.1 Å². The van der Waals surface area contributed by atoms with E-state index in [1.54, 1.807) is 42.8 Å². The van der Waals surface area contributed by atoms with E-state index in [-0.39, 0.29) is 5.91 Å². The van der Waals surface area contributed by atoms with E-state index >= 15 is 0 Å². The van der Waals surface area contributed by atoms with Gasteiger partial charge in [0.25, 0.3) is 5.91 Å². The Bertz CT molecular complexity index is 768. The van der Waals surface area contributed by atoms with Crippen LogP contribution in [0.4, 0.5) is 5.69 Å². The summed E-state index contributed by atoms with van der Waals surface area (Å²) in [6, 6.07) is 14.7. The molecule has 2 aromatic carbocycles. The van der Waals surface area contributed by atoms with Crippen molar-refractivity contribution in [3.63, 3.8) is 0 Å². The van der Waals surface area contributed by atoms with E-state index < -0.39 is 0 Å². The van der Waals surface area contributed by atoms with E-state index in [1.165, 1.54) is 0 Å². The number of ether oxygens (including phenoxy) is 1. The molecule has 0 aliphatic rings. The molecule has 1 amide bonds. The lowest BCUT2D eigenvalue weighted by atomic mass is 10.1. The maximum Gasteiger partial charge on any atom is 0.255 e. The number of nitrogens with zero attached hydrogens (tertiary/aromatic N) is 1. The molecule has 0 spiro atoms. The Hall–Kier alpha value is -2.66. The zero-order valence-corrected chi connectivity index (χ0v) is 12.8. The van der Waals surface area contributed by atoms with E-state index in [1.807, 2.05) is 35.7 Å². The van der Waals surface area contributed by atoms with Crippen LogP contribution in [0.25, 0.3) is 10.6 Å². The number of benzene rings is 2. The fraction of sp³-hybridized carbons (Fsp3) is 0.0588. The molecule has 0 atom stereocenters. The van der Waals surface area contributed by atoms with Crippen LogP contribution in [0.1, 0.15) is 10.4 Å². The minimum atomic E-state index is -0.149. The summed E-state index contributed by atoms with van der Waals surface area (Å²) >= 11 is 1.55. The Labute approximate surface area is 132 Å². The summed E-state index contributed by atoms with van der Waals surface area (Å²) < 4.78 is 5.10. The van der Waals surface area contributed by atoms with E-state index in [0.29, 0.717) is 5.56 Å². The van der Waals surface area contributed by atoms with E-state index in [2.05, 4.69) is 10.3 Å². The van der Waals surface area contributed by atoms with Gasteiger partial charge in [-0.15, -0.1) is 11.3 Å². The van der Waals surface area contributed by atoms with Crippen LogP contribution < -0.4 is 10.1 Å². The third-order valence-electron chi connectivity index (χ3n) is 3.15. The zero-order chi connectivity index (χ0) is 15.4. The van der Waals surface area contributed by atoms with Crippen molar-refractivity contribution in [2.24, 2.45) is 0 Å². The highest BCUT2D eigenvalue weighted by atomic mass is 32.1. The van der Waals surface area contributed by atoms with E-state index in [4.69, 9.17) is 4.74 Å². The first kappa shape index (κ1) is 14.3. The number of hydrogen-bond acceptors (Lipinski definition) is 4. The van der Waals surface area contributed by atoms with Crippen LogP contribution >= 0.6 is 11.3 Å². The first-order chi connectivity index (χ1) is 10.8. The first-order valence-corrected chi connectivity index (χ1v) is 7.59. The number of methoxy groups -OCH3 is 1. The predicted molar refractivity (Wildman–Crippen MR) is 88.5 cm³/mol. The summed E-state index contributed by atoms with van der Waals surface area (Å²) in [5.41, 5.74) is 2.27. The number of amides is 1. The van der Waals surface area contributed by atoms with Gasteiger partial charge < -0.3 is 10.1 Å². The smallest absolute Gasteiger partial charge is 0.255 e. The summed E-state index contributed by atoms with van der Waals surface area (Å²) in [5, 5.41) is 5.69. The Morgan fingerprint density at radius 2 is 2.00 bits per heavy atom. The molecule has 3 rings (SSSR count). The Morgan fingerprint density at radius 3 is 2.68 bits per heavy atom. The normalized spacial score (nSPS) is 10.2. The van der Waals surface area contributed by atoms with Crippen LogP contribution in [0, 0.1) is 0 Å². The molecule has 0 unspecified atom stereocenters. The molecule has 0 aliphatic heterocycles. The van der Waals surface area contributed by atoms with Gasteiger partial charge in [0.15, 0.2) is 0 Å². The van der Waals surface area contributed by atoms with E-state index in [9.17, 15) is 4.79 Å². The van der Waals surface area contributed by atoms with Gasteiger partial charge in [-0.2, -0.15) is 0 Å². The Morgan fingerprint density at radius 1 is 1.18 bits per heavy atom. The van der Waals surface area contributed by atoms with Crippen molar-refractivity contribution in [2.75, 3.05) is 12.4 Å². The predicted octanol–water partition coefficient (Wildman–Crippen LogP) is 4.07. The average Bonchev–Trinajstić information content (AvgIpc) is 3.10. The van der Waals surface area contributed by atoms with Crippen molar-refractivity contribution < 1.29 is 9.53 Å². The molecule has 1 N–H and O–H groups in total. The molecule has 0 saturated heterocycles. The molecule has 0 aliphatic carbocycles. The van der Waals surface area contributed by atoms with Crippen LogP contribution in [0.2, 0.25) is 0 Å². The number of nitrogens with one attached hydrogen (secondary N) is 1. The fourth-order valence-corrected chi connectivity index (χ4v) is 2.67. The standard InChI is InChI=1S/C17H14N2O2S/c1-21-15-7-5-14(6-8-15)19-16(20)12-3-2-4-13(11-12)17-18-9-10-22-17/h2-11H,1H3,(H,19,20). The number of carbonyl (C=O) groups excluding carboxylic acids is 1. The number of aromatic nitrogens is 1. The third-order valence-corrected chi connectivity index (χ3v) is 3.97. The van der Waals surface area contributed by atoms with Gasteiger partial charge in [-0.25, -0.2) is 4.98 Å². The maximum absolute atomic E-state index is 12.3. The Kier molecular flexibility index (Phi) is 4.16. The first-order valence-electron chi connectivity index (χ1n) is 6.71. The maximum atomic E-state index is 12.3. The quantitative estimate of drug-likeness (QED) is 0.790. The highest BCUT2D eigenvalue weighted by molar-refractivity contribution is 7.13. The van der Waals surface area contributed by atoms with Crippen molar-refractivity contribution in [2.45, 2.75) is 0 Å². The lowest BCUT2D eigenvalue weighted by Gasteiger charge is -2.07. The second-order valence-corrected chi connectivity index (χ2v) is 5.50. The summed E-state index contributed by atoms with van der Waals surface area (Å²) in [6.45, 7) is 0. The molecule has 0 radical (unpaired) electrons. The largest absolute Gasteiger partial charge is 0.497 e. The number of hydrogen-bond donors (Lipinski definition) is 1. The second-order valence-electron chi connectivity index (χ2n) is 4.60. The fourth-order valence-electron chi connectivity index (χ4n) is 2.04. The molecule has 0 fully saturated rings. The van der Waals surface area contributed by atoms with E-state index in [0.717, 1.165) is 22.0 Å². The van der Waals surface area contributed by atoms with Gasteiger partial charge in [0.2, 0.25) is 0 Å². The van der Waals surface area contributed by atoms with Gasteiger partial charge in [-0.1, -0.05) is 12.1 Å². The van der Waals surface area contributed by atoms with Crippen molar-refractivity contribution in [3.05, 3.63) is 65.7 Å². The SMILES string of the molecule is COc1ccc(NC(=O)c2cccc(-c3nccs3)c2)cc1. The number of anilines is 1. The number of carbonyl (C=O) groups is 1. The summed E-state index contributed by atoms with van der Waals surface area (Å²) in [6.07, 6.45) is 1.75. The van der Waals surface area contributed by atoms with Crippen LogP contribution in [0.5, 0.6) is 5.75 Å². The minimum absolute atomic E-state index is 0.149. The number of rotatable bonds is 4. The topological polar surface area (TPSA) is 51.2 Å². The zero-order valence-electron chi connectivity index (χ0n) is 11.9. The second kappa shape index (κ2) is 6.41. The van der Waals surface area contributed by atoms with Gasteiger partial charge in [0, 0.05) is 28.4 Å². The third kappa shape index (κ3) is 3.15. The van der Waals surface area contributed by atoms with Crippen LogP contribution in [-0.4, -0.2) is 18.0 Å².